The van der Waals surface area contributed by atoms with E-state index in [1.807, 2.05) is 36.4 Å². The summed E-state index contributed by atoms with van der Waals surface area (Å²) in [6, 6.07) is 17.2. The minimum atomic E-state index is -0.172. The molecule has 0 spiro atoms. The maximum atomic E-state index is 13.2. The van der Waals surface area contributed by atoms with E-state index in [9.17, 15) is 9.59 Å². The van der Waals surface area contributed by atoms with Crippen molar-refractivity contribution in [3.63, 3.8) is 0 Å². The second-order valence-electron chi connectivity index (χ2n) is 7.98. The molecule has 1 amide bonds. The van der Waals surface area contributed by atoms with E-state index in [0.717, 1.165) is 17.5 Å². The lowest BCUT2D eigenvalue weighted by molar-refractivity contribution is -0.113. The number of pyridine rings is 1. The summed E-state index contributed by atoms with van der Waals surface area (Å²) >= 11 is 1.30. The third-order valence-electron chi connectivity index (χ3n) is 5.69. The number of aromatic nitrogens is 3. The Hall–Kier alpha value is -3.45. The van der Waals surface area contributed by atoms with Gasteiger partial charge < -0.3 is 9.88 Å². The second-order valence-corrected chi connectivity index (χ2v) is 8.98. The highest BCUT2D eigenvalue weighted by Crippen LogP contribution is 2.26. The summed E-state index contributed by atoms with van der Waals surface area (Å²) in [4.78, 5) is 34.5. The number of nitrogens with zero attached hydrogens (tertiary/aromatic N) is 3. The van der Waals surface area contributed by atoms with E-state index in [0.29, 0.717) is 27.8 Å². The Morgan fingerprint density at radius 3 is 2.58 bits per heavy atom. The molecule has 33 heavy (non-hydrogen) atoms. The summed E-state index contributed by atoms with van der Waals surface area (Å²) < 4.78 is 1.70. The number of fused-ring (bicyclic) bond motifs is 1. The molecule has 0 aliphatic carbocycles. The van der Waals surface area contributed by atoms with Crippen LogP contribution in [-0.4, -0.2) is 32.0 Å². The Morgan fingerprint density at radius 2 is 1.88 bits per heavy atom. The molecule has 0 unspecified atom stereocenters. The Kier molecular flexibility index (Phi) is 6.89. The van der Waals surface area contributed by atoms with Gasteiger partial charge in [0.05, 0.1) is 16.3 Å². The Balaban J connectivity index is 1.50. The molecule has 168 valence electrons. The standard InChI is InChI=1S/C26H26N4O2S/c1-4-17(2)18-9-11-19(12-10-18)28-23(31)16-33-24-15-21(20-7-5-6-8-22(20)29-24)25(32)26-27-13-14-30(26)3/h5-15,17H,4,16H2,1-3H3,(H,28,31)/t17-/m1/s1. The Labute approximate surface area is 197 Å². The topological polar surface area (TPSA) is 76.9 Å². The van der Waals surface area contributed by atoms with Crippen LogP contribution in [0.5, 0.6) is 0 Å². The number of thioether (sulfide) groups is 1. The molecule has 4 rings (SSSR count). The number of anilines is 1. The molecule has 0 fully saturated rings. The third-order valence-corrected chi connectivity index (χ3v) is 6.60. The smallest absolute Gasteiger partial charge is 0.234 e. The summed E-state index contributed by atoms with van der Waals surface area (Å²) in [5, 5.41) is 4.32. The van der Waals surface area contributed by atoms with Crippen molar-refractivity contribution in [2.45, 2.75) is 31.2 Å². The van der Waals surface area contributed by atoms with E-state index in [4.69, 9.17) is 0 Å². The number of carbonyl (C=O) groups excluding carboxylic acids is 2. The molecule has 0 aliphatic rings. The number of nitrogens with one attached hydrogen (secondary N) is 1. The normalized spacial score (nSPS) is 12.0. The molecule has 4 aromatic rings. The highest BCUT2D eigenvalue weighted by atomic mass is 32.2. The summed E-state index contributed by atoms with van der Waals surface area (Å²) in [5.41, 5.74) is 3.26. The molecule has 2 heterocycles. The van der Waals surface area contributed by atoms with Crippen LogP contribution in [0.4, 0.5) is 5.69 Å². The average Bonchev–Trinajstić information content (AvgIpc) is 3.27. The van der Waals surface area contributed by atoms with Gasteiger partial charge in [-0.2, -0.15) is 0 Å². The highest BCUT2D eigenvalue weighted by Gasteiger charge is 2.19. The number of amides is 1. The highest BCUT2D eigenvalue weighted by molar-refractivity contribution is 7.99. The molecule has 7 heteroatoms. The zero-order valence-corrected chi connectivity index (χ0v) is 19.7. The van der Waals surface area contributed by atoms with Gasteiger partial charge in [-0.3, -0.25) is 9.59 Å². The van der Waals surface area contributed by atoms with Crippen molar-refractivity contribution in [2.24, 2.45) is 7.05 Å². The van der Waals surface area contributed by atoms with E-state index < -0.39 is 0 Å². The van der Waals surface area contributed by atoms with Gasteiger partial charge in [0, 0.05) is 36.1 Å². The van der Waals surface area contributed by atoms with Crippen molar-refractivity contribution in [1.29, 1.82) is 0 Å². The minimum absolute atomic E-state index is 0.122. The van der Waals surface area contributed by atoms with Crippen LogP contribution in [-0.2, 0) is 11.8 Å². The number of para-hydroxylation sites is 1. The van der Waals surface area contributed by atoms with Crippen LogP contribution in [0.1, 0.15) is 47.9 Å². The van der Waals surface area contributed by atoms with E-state index in [1.165, 1.54) is 17.3 Å². The molecular weight excluding hydrogens is 432 g/mol. The first kappa shape index (κ1) is 22.7. The van der Waals surface area contributed by atoms with E-state index >= 15 is 0 Å². The minimum Gasteiger partial charge on any atom is -0.331 e. The first-order valence-electron chi connectivity index (χ1n) is 10.9. The predicted molar refractivity (Wildman–Crippen MR) is 133 cm³/mol. The van der Waals surface area contributed by atoms with Crippen molar-refractivity contribution >= 4 is 40.0 Å². The number of hydrogen-bond donors (Lipinski definition) is 1. The number of rotatable bonds is 8. The van der Waals surface area contributed by atoms with Crippen molar-refractivity contribution in [3.8, 4) is 0 Å². The van der Waals surface area contributed by atoms with Crippen LogP contribution in [0.15, 0.2) is 72.0 Å². The largest absolute Gasteiger partial charge is 0.331 e. The zero-order valence-electron chi connectivity index (χ0n) is 18.9. The van der Waals surface area contributed by atoms with Crippen molar-refractivity contribution in [3.05, 3.63) is 83.9 Å². The third kappa shape index (κ3) is 5.14. The SMILES string of the molecule is CC[C@@H](C)c1ccc(NC(=O)CSc2cc(C(=O)c3nccn3C)c3ccccc3n2)cc1. The number of ketones is 1. The van der Waals surface area contributed by atoms with Crippen molar-refractivity contribution in [2.75, 3.05) is 11.1 Å². The van der Waals surface area contributed by atoms with Crippen LogP contribution in [0.25, 0.3) is 10.9 Å². The first-order chi connectivity index (χ1) is 16.0. The van der Waals surface area contributed by atoms with Crippen LogP contribution in [0.2, 0.25) is 0 Å². The first-order valence-corrected chi connectivity index (χ1v) is 11.9. The molecule has 1 atom stereocenters. The zero-order chi connectivity index (χ0) is 23.4. The average molecular weight is 459 g/mol. The van der Waals surface area contributed by atoms with Gasteiger partial charge in [0.25, 0.3) is 0 Å². The maximum Gasteiger partial charge on any atom is 0.234 e. The van der Waals surface area contributed by atoms with Gasteiger partial charge in [-0.05, 0) is 42.2 Å². The summed E-state index contributed by atoms with van der Waals surface area (Å²) in [5.74, 6) is 0.749. The summed E-state index contributed by atoms with van der Waals surface area (Å²) in [6.07, 6.45) is 4.42. The maximum absolute atomic E-state index is 13.2. The van der Waals surface area contributed by atoms with E-state index in [-0.39, 0.29) is 17.4 Å². The fraction of sp³-hybridized carbons (Fsp3) is 0.231. The quantitative estimate of drug-likeness (QED) is 0.281. The van der Waals surface area contributed by atoms with E-state index in [1.54, 1.807) is 30.1 Å². The monoisotopic (exact) mass is 458 g/mol. The fourth-order valence-corrected chi connectivity index (χ4v) is 4.30. The molecule has 2 aromatic heterocycles. The molecule has 6 nitrogen and oxygen atoms in total. The molecule has 2 aromatic carbocycles. The lowest BCUT2D eigenvalue weighted by atomic mass is 9.99. The number of aryl methyl sites for hydroxylation is 1. The Morgan fingerprint density at radius 1 is 1.12 bits per heavy atom. The van der Waals surface area contributed by atoms with Gasteiger partial charge in [-0.1, -0.05) is 55.9 Å². The van der Waals surface area contributed by atoms with Crippen LogP contribution >= 0.6 is 11.8 Å². The summed E-state index contributed by atoms with van der Waals surface area (Å²) in [6.45, 7) is 4.35. The van der Waals surface area contributed by atoms with Gasteiger partial charge >= 0.3 is 0 Å². The molecular formula is C26H26N4O2S. The van der Waals surface area contributed by atoms with Gasteiger partial charge in [0.1, 0.15) is 0 Å². The van der Waals surface area contributed by atoms with Crippen LogP contribution in [0, 0.1) is 0 Å². The van der Waals surface area contributed by atoms with Crippen LogP contribution in [0.3, 0.4) is 0 Å². The van der Waals surface area contributed by atoms with Crippen molar-refractivity contribution in [1.82, 2.24) is 14.5 Å². The van der Waals surface area contributed by atoms with Gasteiger partial charge in [0.2, 0.25) is 11.7 Å². The molecule has 0 radical (unpaired) electrons. The molecule has 0 aliphatic heterocycles. The number of imidazole rings is 1. The molecule has 0 saturated carbocycles. The predicted octanol–water partition coefficient (Wildman–Crippen LogP) is 5.44. The van der Waals surface area contributed by atoms with Gasteiger partial charge in [0.15, 0.2) is 5.82 Å². The van der Waals surface area contributed by atoms with E-state index in [2.05, 4.69) is 41.3 Å². The van der Waals surface area contributed by atoms with Crippen LogP contribution < -0.4 is 5.32 Å². The molecule has 0 bridgehead atoms. The lowest BCUT2D eigenvalue weighted by Crippen LogP contribution is -2.14. The van der Waals surface area contributed by atoms with Gasteiger partial charge in [-0.25, -0.2) is 9.97 Å². The lowest BCUT2D eigenvalue weighted by Gasteiger charge is -2.11. The fourth-order valence-electron chi connectivity index (χ4n) is 3.59. The number of benzene rings is 2. The second kappa shape index (κ2) is 10.0. The number of carbonyl (C=O) groups is 2. The number of hydrogen-bond acceptors (Lipinski definition) is 5. The van der Waals surface area contributed by atoms with Gasteiger partial charge in [-0.15, -0.1) is 0 Å². The Bertz CT molecular complexity index is 1300. The molecule has 1 N–H and O–H groups in total. The van der Waals surface area contributed by atoms with Crippen molar-refractivity contribution < 1.29 is 9.59 Å². The molecule has 0 saturated heterocycles. The summed E-state index contributed by atoms with van der Waals surface area (Å²) in [7, 11) is 1.79.